The van der Waals surface area contributed by atoms with E-state index in [4.69, 9.17) is 18.9 Å². The molecule has 2 saturated heterocycles. The summed E-state index contributed by atoms with van der Waals surface area (Å²) in [5.74, 6) is -0.567. The van der Waals surface area contributed by atoms with Crippen molar-refractivity contribution >= 4 is 0 Å². The number of benzene rings is 1. The van der Waals surface area contributed by atoms with Crippen molar-refractivity contribution in [1.29, 1.82) is 0 Å². The third kappa shape index (κ3) is 3.46. The van der Waals surface area contributed by atoms with Crippen molar-refractivity contribution in [3.63, 3.8) is 0 Å². The van der Waals surface area contributed by atoms with Gasteiger partial charge < -0.3 is 18.9 Å². The van der Waals surface area contributed by atoms with Gasteiger partial charge in [0.1, 0.15) is 6.10 Å². The van der Waals surface area contributed by atoms with E-state index in [0.29, 0.717) is 13.2 Å². The average Bonchev–Trinajstić information content (AvgIpc) is 2.56. The van der Waals surface area contributed by atoms with Gasteiger partial charge in [0.2, 0.25) is 0 Å². The van der Waals surface area contributed by atoms with Crippen LogP contribution in [-0.4, -0.2) is 38.3 Å². The van der Waals surface area contributed by atoms with Gasteiger partial charge in [-0.25, -0.2) is 0 Å². The van der Waals surface area contributed by atoms with Crippen molar-refractivity contribution in [1.82, 2.24) is 0 Å². The molecular weight excluding hydrogens is 268 g/mol. The van der Waals surface area contributed by atoms with Gasteiger partial charge in [-0.15, -0.1) is 0 Å². The molecule has 21 heavy (non-hydrogen) atoms. The normalized spacial score (nSPS) is 33.2. The fourth-order valence-corrected chi connectivity index (χ4v) is 3.10. The summed E-state index contributed by atoms with van der Waals surface area (Å²) < 4.78 is 23.6. The lowest BCUT2D eigenvalue weighted by Gasteiger charge is -2.47. The maximum absolute atomic E-state index is 6.16. The van der Waals surface area contributed by atoms with Crippen molar-refractivity contribution in [2.75, 3.05) is 20.3 Å². The predicted molar refractivity (Wildman–Crippen MR) is 78.9 cm³/mol. The van der Waals surface area contributed by atoms with Crippen LogP contribution in [0.25, 0.3) is 0 Å². The molecule has 116 valence electrons. The Morgan fingerprint density at radius 1 is 1.19 bits per heavy atom. The van der Waals surface area contributed by atoms with Gasteiger partial charge in [-0.1, -0.05) is 30.3 Å². The second-order valence-corrected chi connectivity index (χ2v) is 5.81. The summed E-state index contributed by atoms with van der Waals surface area (Å²) >= 11 is 0. The molecule has 0 amide bonds. The van der Waals surface area contributed by atoms with Crippen LogP contribution in [0.4, 0.5) is 0 Å². The molecule has 1 aromatic rings. The van der Waals surface area contributed by atoms with E-state index in [1.807, 2.05) is 18.2 Å². The molecule has 0 saturated carbocycles. The van der Waals surface area contributed by atoms with Crippen LogP contribution in [0, 0.1) is 0 Å². The largest absolute Gasteiger partial charge is 0.379 e. The Balaban J connectivity index is 1.67. The number of hydrogen-bond donors (Lipinski definition) is 0. The molecule has 0 aromatic heterocycles. The zero-order valence-corrected chi connectivity index (χ0v) is 12.6. The van der Waals surface area contributed by atoms with Crippen molar-refractivity contribution < 1.29 is 18.9 Å². The van der Waals surface area contributed by atoms with Crippen LogP contribution in [0.2, 0.25) is 0 Å². The second-order valence-electron chi connectivity index (χ2n) is 5.81. The first kappa shape index (κ1) is 15.0. The quantitative estimate of drug-likeness (QED) is 0.855. The first-order chi connectivity index (χ1) is 10.3. The lowest BCUT2D eigenvalue weighted by atomic mass is 9.93. The summed E-state index contributed by atoms with van der Waals surface area (Å²) in [5, 5.41) is 0. The minimum Gasteiger partial charge on any atom is -0.379 e. The summed E-state index contributed by atoms with van der Waals surface area (Å²) in [6.45, 7) is 1.92. The van der Waals surface area contributed by atoms with Gasteiger partial charge in [0.25, 0.3) is 0 Å². The van der Waals surface area contributed by atoms with Gasteiger partial charge in [0.05, 0.1) is 25.9 Å². The van der Waals surface area contributed by atoms with Gasteiger partial charge in [0, 0.05) is 20.0 Å². The molecule has 3 rings (SSSR count). The molecule has 2 heterocycles. The summed E-state index contributed by atoms with van der Waals surface area (Å²) in [7, 11) is 1.72. The molecule has 0 unspecified atom stereocenters. The molecule has 3 atom stereocenters. The first-order valence-corrected chi connectivity index (χ1v) is 7.79. The monoisotopic (exact) mass is 292 g/mol. The molecule has 4 nitrogen and oxygen atoms in total. The molecule has 1 aromatic carbocycles. The highest BCUT2D eigenvalue weighted by Crippen LogP contribution is 2.37. The lowest BCUT2D eigenvalue weighted by molar-refractivity contribution is -0.338. The van der Waals surface area contributed by atoms with Crippen molar-refractivity contribution in [2.45, 2.75) is 50.3 Å². The molecule has 0 N–H and O–H groups in total. The van der Waals surface area contributed by atoms with Crippen LogP contribution in [-0.2, 0) is 25.6 Å². The molecule has 0 aliphatic carbocycles. The minimum atomic E-state index is -0.567. The topological polar surface area (TPSA) is 36.9 Å². The molecule has 4 heteroatoms. The fourth-order valence-electron chi connectivity index (χ4n) is 3.10. The molecule has 2 aliphatic rings. The highest BCUT2D eigenvalue weighted by molar-refractivity contribution is 5.13. The van der Waals surface area contributed by atoms with E-state index in [1.54, 1.807) is 7.11 Å². The zero-order chi connectivity index (χ0) is 14.5. The third-order valence-corrected chi connectivity index (χ3v) is 4.37. The Morgan fingerprint density at radius 2 is 2.05 bits per heavy atom. The second kappa shape index (κ2) is 6.88. The number of methoxy groups -OCH3 is 1. The minimum absolute atomic E-state index is 0.0725. The van der Waals surface area contributed by atoms with Crippen LogP contribution in [0.15, 0.2) is 30.3 Å². The van der Waals surface area contributed by atoms with Crippen LogP contribution >= 0.6 is 0 Å². The fraction of sp³-hybridized carbons (Fsp3) is 0.647. The number of hydrogen-bond acceptors (Lipinski definition) is 4. The molecule has 0 radical (unpaired) electrons. The Bertz CT molecular complexity index is 428. The van der Waals surface area contributed by atoms with E-state index in [0.717, 1.165) is 32.3 Å². The zero-order valence-electron chi connectivity index (χ0n) is 12.6. The Hall–Kier alpha value is -0.940. The average molecular weight is 292 g/mol. The van der Waals surface area contributed by atoms with Gasteiger partial charge in [-0.05, 0) is 18.4 Å². The van der Waals surface area contributed by atoms with Gasteiger partial charge >= 0.3 is 0 Å². The van der Waals surface area contributed by atoms with Gasteiger partial charge in [0.15, 0.2) is 5.79 Å². The van der Waals surface area contributed by atoms with E-state index in [9.17, 15) is 0 Å². The summed E-state index contributed by atoms with van der Waals surface area (Å²) in [5.41, 5.74) is 1.17. The molecule has 1 spiro atoms. The maximum atomic E-state index is 6.16. The van der Waals surface area contributed by atoms with Gasteiger partial charge in [-0.3, -0.25) is 0 Å². The summed E-state index contributed by atoms with van der Waals surface area (Å²) in [4.78, 5) is 0. The van der Waals surface area contributed by atoms with E-state index < -0.39 is 5.79 Å². The lowest BCUT2D eigenvalue weighted by Crippen LogP contribution is -2.56. The standard InChI is InChI=1S/C17H24O4/c1-18-15-11-16(19-12-14-7-3-2-4-8-14)17(21-13-15)9-5-6-10-20-17/h2-4,7-8,15-16H,5-6,9-13H2,1H3/t15-,16+,17+/m0/s1. The summed E-state index contributed by atoms with van der Waals surface area (Å²) in [6, 6.07) is 10.2. The Morgan fingerprint density at radius 3 is 2.76 bits per heavy atom. The van der Waals surface area contributed by atoms with Crippen LogP contribution in [0.5, 0.6) is 0 Å². The molecule has 0 bridgehead atoms. The van der Waals surface area contributed by atoms with E-state index in [2.05, 4.69) is 12.1 Å². The maximum Gasteiger partial charge on any atom is 0.194 e. The van der Waals surface area contributed by atoms with E-state index in [1.165, 1.54) is 5.56 Å². The molecule has 2 aliphatic heterocycles. The Kier molecular flexibility index (Phi) is 4.91. The SMILES string of the molecule is CO[C@@H]1CO[C@]2(CCCCO2)[C@H](OCc2ccccc2)C1. The highest BCUT2D eigenvalue weighted by atomic mass is 16.7. The van der Waals surface area contributed by atoms with E-state index >= 15 is 0 Å². The number of ether oxygens (including phenoxy) is 4. The van der Waals surface area contributed by atoms with Crippen LogP contribution < -0.4 is 0 Å². The number of rotatable bonds is 4. The van der Waals surface area contributed by atoms with Crippen molar-refractivity contribution in [3.05, 3.63) is 35.9 Å². The summed E-state index contributed by atoms with van der Waals surface area (Å²) in [6.07, 6.45) is 3.97. The predicted octanol–water partition coefficient (Wildman–Crippen LogP) is 2.90. The van der Waals surface area contributed by atoms with Crippen LogP contribution in [0.3, 0.4) is 0 Å². The Labute approximate surface area is 126 Å². The van der Waals surface area contributed by atoms with E-state index in [-0.39, 0.29) is 12.2 Å². The van der Waals surface area contributed by atoms with Crippen molar-refractivity contribution in [3.8, 4) is 0 Å². The smallest absolute Gasteiger partial charge is 0.194 e. The first-order valence-electron chi connectivity index (χ1n) is 7.79. The van der Waals surface area contributed by atoms with Crippen molar-refractivity contribution in [2.24, 2.45) is 0 Å². The molecule has 2 fully saturated rings. The molecular formula is C17H24O4. The van der Waals surface area contributed by atoms with Gasteiger partial charge in [-0.2, -0.15) is 0 Å². The third-order valence-electron chi connectivity index (χ3n) is 4.37. The highest BCUT2D eigenvalue weighted by Gasteiger charge is 2.48. The van der Waals surface area contributed by atoms with Crippen LogP contribution in [0.1, 0.15) is 31.2 Å².